The van der Waals surface area contributed by atoms with E-state index in [1.54, 1.807) is 24.5 Å². The minimum atomic E-state index is -1.07. The molecule has 6 nitrogen and oxygen atoms in total. The maximum absolute atomic E-state index is 12.0. The molecule has 0 aliphatic carbocycles. The van der Waals surface area contributed by atoms with Crippen LogP contribution in [0.25, 0.3) is 0 Å². The van der Waals surface area contributed by atoms with Gasteiger partial charge in [-0.2, -0.15) is 0 Å². The van der Waals surface area contributed by atoms with E-state index < -0.39 is 18.1 Å². The molecule has 1 fully saturated rings. The van der Waals surface area contributed by atoms with Crippen molar-refractivity contribution in [3.05, 3.63) is 30.1 Å². The third-order valence-electron chi connectivity index (χ3n) is 2.99. The van der Waals surface area contributed by atoms with Crippen LogP contribution in [0.4, 0.5) is 0 Å². The summed E-state index contributed by atoms with van der Waals surface area (Å²) >= 11 is 0. The number of aliphatic hydroxyl groups excluding tert-OH is 1. The quantitative estimate of drug-likeness (QED) is 0.766. The first-order valence-corrected chi connectivity index (χ1v) is 5.67. The molecule has 18 heavy (non-hydrogen) atoms. The number of carbonyl (C=O) groups is 2. The molecular weight excluding hydrogens is 236 g/mol. The number of aromatic nitrogens is 1. The van der Waals surface area contributed by atoms with Crippen LogP contribution in [-0.4, -0.2) is 50.7 Å². The van der Waals surface area contributed by atoms with E-state index in [-0.39, 0.29) is 25.3 Å². The van der Waals surface area contributed by atoms with Gasteiger partial charge in [0.15, 0.2) is 0 Å². The number of aliphatic hydroxyl groups is 1. The molecule has 1 aliphatic heterocycles. The maximum atomic E-state index is 12.0. The second-order valence-corrected chi connectivity index (χ2v) is 4.32. The van der Waals surface area contributed by atoms with Crippen LogP contribution in [0, 0.1) is 0 Å². The fourth-order valence-electron chi connectivity index (χ4n) is 2.10. The van der Waals surface area contributed by atoms with Gasteiger partial charge in [0, 0.05) is 25.4 Å². The molecule has 1 aliphatic rings. The molecule has 1 aromatic rings. The van der Waals surface area contributed by atoms with E-state index in [0.29, 0.717) is 0 Å². The molecule has 96 valence electrons. The largest absolute Gasteiger partial charge is 0.480 e. The van der Waals surface area contributed by atoms with Gasteiger partial charge in [-0.05, 0) is 17.7 Å². The number of hydrogen-bond acceptors (Lipinski definition) is 4. The maximum Gasteiger partial charge on any atom is 0.326 e. The summed E-state index contributed by atoms with van der Waals surface area (Å²) in [7, 11) is 0. The fraction of sp³-hybridized carbons (Fsp3) is 0.417. The van der Waals surface area contributed by atoms with Crippen molar-refractivity contribution in [3.63, 3.8) is 0 Å². The number of hydrogen-bond donors (Lipinski definition) is 2. The summed E-state index contributed by atoms with van der Waals surface area (Å²) in [6.45, 7) is 0.0842. The second kappa shape index (κ2) is 5.14. The van der Waals surface area contributed by atoms with Gasteiger partial charge in [-0.15, -0.1) is 0 Å². The second-order valence-electron chi connectivity index (χ2n) is 4.32. The van der Waals surface area contributed by atoms with Crippen molar-refractivity contribution in [3.8, 4) is 0 Å². The zero-order chi connectivity index (χ0) is 13.1. The third kappa shape index (κ3) is 2.65. The van der Waals surface area contributed by atoms with Gasteiger partial charge in [-0.25, -0.2) is 4.79 Å². The van der Waals surface area contributed by atoms with Gasteiger partial charge in [0.05, 0.1) is 12.5 Å². The number of pyridine rings is 1. The first kappa shape index (κ1) is 12.5. The zero-order valence-corrected chi connectivity index (χ0v) is 9.69. The molecule has 0 saturated carbocycles. The fourth-order valence-corrected chi connectivity index (χ4v) is 2.10. The molecule has 1 amide bonds. The number of likely N-dealkylation sites (tertiary alicyclic amines) is 1. The van der Waals surface area contributed by atoms with Crippen molar-refractivity contribution in [1.82, 2.24) is 9.88 Å². The van der Waals surface area contributed by atoms with E-state index in [9.17, 15) is 14.7 Å². The summed E-state index contributed by atoms with van der Waals surface area (Å²) in [6, 6.07) is 2.50. The van der Waals surface area contributed by atoms with Gasteiger partial charge in [0.2, 0.25) is 5.91 Å². The smallest absolute Gasteiger partial charge is 0.326 e. The van der Waals surface area contributed by atoms with Crippen molar-refractivity contribution in [2.75, 3.05) is 6.54 Å². The normalized spacial score (nSPS) is 23.1. The zero-order valence-electron chi connectivity index (χ0n) is 9.69. The molecule has 1 saturated heterocycles. The molecule has 0 aromatic carbocycles. The van der Waals surface area contributed by atoms with Gasteiger partial charge < -0.3 is 15.1 Å². The van der Waals surface area contributed by atoms with Gasteiger partial charge in [-0.3, -0.25) is 9.78 Å². The van der Waals surface area contributed by atoms with E-state index in [0.717, 1.165) is 5.56 Å². The summed E-state index contributed by atoms with van der Waals surface area (Å²) in [4.78, 5) is 28.1. The highest BCUT2D eigenvalue weighted by atomic mass is 16.4. The van der Waals surface area contributed by atoms with Crippen LogP contribution < -0.4 is 0 Å². The highest BCUT2D eigenvalue weighted by Gasteiger charge is 2.38. The lowest BCUT2D eigenvalue weighted by molar-refractivity contribution is -0.148. The molecule has 0 unspecified atom stereocenters. The molecule has 2 N–H and O–H groups in total. The van der Waals surface area contributed by atoms with E-state index in [1.807, 2.05) is 0 Å². The number of β-amino-alcohol motifs (C(OH)–C–C–N with tert-alkyl or cyclic N) is 1. The summed E-state index contributed by atoms with van der Waals surface area (Å²) in [5, 5.41) is 18.5. The van der Waals surface area contributed by atoms with Crippen LogP contribution in [0.5, 0.6) is 0 Å². The predicted molar refractivity (Wildman–Crippen MR) is 61.7 cm³/mol. The highest BCUT2D eigenvalue weighted by molar-refractivity contribution is 5.85. The lowest BCUT2D eigenvalue weighted by Gasteiger charge is -2.21. The Morgan fingerprint density at radius 2 is 2.06 bits per heavy atom. The average molecular weight is 250 g/mol. The molecule has 6 heteroatoms. The Morgan fingerprint density at radius 1 is 1.39 bits per heavy atom. The van der Waals surface area contributed by atoms with Crippen molar-refractivity contribution >= 4 is 11.9 Å². The summed E-state index contributed by atoms with van der Waals surface area (Å²) in [6.07, 6.45) is 2.62. The molecule has 2 rings (SSSR count). The van der Waals surface area contributed by atoms with Gasteiger partial charge in [0.1, 0.15) is 6.04 Å². The van der Waals surface area contributed by atoms with Crippen LogP contribution in [0.2, 0.25) is 0 Å². The van der Waals surface area contributed by atoms with E-state index in [4.69, 9.17) is 5.11 Å². The number of aliphatic carboxylic acids is 1. The minimum absolute atomic E-state index is 0.0842. The Kier molecular flexibility index (Phi) is 3.57. The number of carbonyl (C=O) groups excluding carboxylic acids is 1. The topological polar surface area (TPSA) is 90.7 Å². The Balaban J connectivity index is 2.06. The number of amides is 1. The van der Waals surface area contributed by atoms with Crippen LogP contribution >= 0.6 is 0 Å². The molecule has 0 bridgehead atoms. The predicted octanol–water partition coefficient (Wildman–Crippen LogP) is -0.330. The van der Waals surface area contributed by atoms with Gasteiger partial charge >= 0.3 is 5.97 Å². The monoisotopic (exact) mass is 250 g/mol. The van der Waals surface area contributed by atoms with Crippen molar-refractivity contribution in [1.29, 1.82) is 0 Å². The van der Waals surface area contributed by atoms with Crippen molar-refractivity contribution < 1.29 is 19.8 Å². The standard InChI is InChI=1S/C12H14N2O4/c15-9-6-10(12(17)18)14(7-9)11(16)5-8-1-3-13-4-2-8/h1-4,9-10,15H,5-7H2,(H,17,18)/t9-,10+/m1/s1. The van der Waals surface area contributed by atoms with E-state index in [2.05, 4.69) is 4.98 Å². The van der Waals surface area contributed by atoms with E-state index >= 15 is 0 Å². The van der Waals surface area contributed by atoms with Crippen LogP contribution in [0.3, 0.4) is 0 Å². The Labute approximate surface area is 104 Å². The minimum Gasteiger partial charge on any atom is -0.480 e. The lowest BCUT2D eigenvalue weighted by Crippen LogP contribution is -2.41. The van der Waals surface area contributed by atoms with E-state index in [1.165, 1.54) is 4.90 Å². The average Bonchev–Trinajstić information content (AvgIpc) is 2.73. The molecule has 2 heterocycles. The SMILES string of the molecule is O=C(O)[C@@H]1C[C@@H](O)CN1C(=O)Cc1ccncc1. The van der Waals surface area contributed by atoms with Gasteiger partial charge in [0.25, 0.3) is 0 Å². The molecule has 1 aromatic heterocycles. The number of carboxylic acid groups (broad SMARTS) is 1. The van der Waals surface area contributed by atoms with Crippen LogP contribution in [0.15, 0.2) is 24.5 Å². The summed E-state index contributed by atoms with van der Waals surface area (Å²) in [5.74, 6) is -1.36. The number of rotatable bonds is 3. The van der Waals surface area contributed by atoms with Gasteiger partial charge in [-0.1, -0.05) is 0 Å². The van der Waals surface area contributed by atoms with Crippen molar-refractivity contribution in [2.24, 2.45) is 0 Å². The molecular formula is C12H14N2O4. The lowest BCUT2D eigenvalue weighted by atomic mass is 10.1. The first-order chi connectivity index (χ1) is 8.58. The number of nitrogens with zero attached hydrogens (tertiary/aromatic N) is 2. The van der Waals surface area contributed by atoms with Crippen LogP contribution in [0.1, 0.15) is 12.0 Å². The molecule has 2 atom stereocenters. The Hall–Kier alpha value is -1.95. The van der Waals surface area contributed by atoms with Crippen molar-refractivity contribution in [2.45, 2.75) is 25.0 Å². The third-order valence-corrected chi connectivity index (χ3v) is 2.99. The summed E-state index contributed by atoms with van der Waals surface area (Å²) in [5.41, 5.74) is 0.778. The summed E-state index contributed by atoms with van der Waals surface area (Å²) < 4.78 is 0. The molecule has 0 spiro atoms. The highest BCUT2D eigenvalue weighted by Crippen LogP contribution is 2.19. The Bertz CT molecular complexity index is 449. The van der Waals surface area contributed by atoms with Crippen LogP contribution in [-0.2, 0) is 16.0 Å². The Morgan fingerprint density at radius 3 is 2.67 bits per heavy atom. The number of carboxylic acids is 1. The molecule has 0 radical (unpaired) electrons. The first-order valence-electron chi connectivity index (χ1n) is 5.67.